The Morgan fingerprint density at radius 3 is 2.70 bits per heavy atom. The first-order valence-corrected chi connectivity index (χ1v) is 8.14. The summed E-state index contributed by atoms with van der Waals surface area (Å²) in [5, 5.41) is 7.51. The van der Waals surface area contributed by atoms with Crippen LogP contribution in [-0.4, -0.2) is 23.1 Å². The smallest absolute Gasteiger partial charge is 0.193 e. The quantitative estimate of drug-likeness (QED) is 0.657. The molecule has 0 saturated carbocycles. The Morgan fingerprint density at radius 1 is 1.13 bits per heavy atom. The van der Waals surface area contributed by atoms with Crippen molar-refractivity contribution in [3.63, 3.8) is 0 Å². The van der Waals surface area contributed by atoms with Crippen molar-refractivity contribution in [3.05, 3.63) is 59.7 Å². The third-order valence-corrected chi connectivity index (χ3v) is 4.67. The number of carbonyl (C=O) groups excluding carboxylic acids is 1. The molecule has 2 aromatic carbocycles. The molecule has 2 N–H and O–H groups in total. The maximum absolute atomic E-state index is 12.7. The highest BCUT2D eigenvalue weighted by Gasteiger charge is 2.36. The van der Waals surface area contributed by atoms with Crippen LogP contribution >= 0.6 is 12.2 Å². The molecule has 2 atom stereocenters. The van der Waals surface area contributed by atoms with Gasteiger partial charge in [0.25, 0.3) is 0 Å². The van der Waals surface area contributed by atoms with Gasteiger partial charge in [-0.3, -0.25) is 9.69 Å². The van der Waals surface area contributed by atoms with E-state index in [4.69, 9.17) is 12.2 Å². The van der Waals surface area contributed by atoms with E-state index in [1.165, 1.54) is 0 Å². The predicted octanol–water partition coefficient (Wildman–Crippen LogP) is 3.14. The minimum atomic E-state index is 0.0288. The number of anilines is 2. The minimum Gasteiger partial charge on any atom is -0.363 e. The molecule has 2 heterocycles. The van der Waals surface area contributed by atoms with E-state index in [1.54, 1.807) is 0 Å². The maximum Gasteiger partial charge on any atom is 0.193 e. The van der Waals surface area contributed by atoms with Crippen molar-refractivity contribution < 1.29 is 4.79 Å². The van der Waals surface area contributed by atoms with Gasteiger partial charge in [-0.15, -0.1) is 0 Å². The first kappa shape index (κ1) is 14.2. The first-order chi connectivity index (χ1) is 11.1. The summed E-state index contributed by atoms with van der Waals surface area (Å²) in [5.74, 6) is 0.0288. The van der Waals surface area contributed by atoms with Gasteiger partial charge in [0.05, 0.1) is 11.4 Å². The van der Waals surface area contributed by atoms with Gasteiger partial charge < -0.3 is 10.6 Å². The van der Waals surface area contributed by atoms with Crippen LogP contribution in [0, 0.1) is 0 Å². The Balaban J connectivity index is 1.70. The Hall–Kier alpha value is -2.40. The highest BCUT2D eigenvalue weighted by atomic mass is 32.1. The van der Waals surface area contributed by atoms with Crippen LogP contribution in [0.4, 0.5) is 11.4 Å². The molecule has 0 radical (unpaired) electrons. The molecule has 0 spiro atoms. The van der Waals surface area contributed by atoms with Crippen LogP contribution in [0.1, 0.15) is 29.3 Å². The molecule has 1 saturated heterocycles. The zero-order valence-corrected chi connectivity index (χ0v) is 13.6. The van der Waals surface area contributed by atoms with Gasteiger partial charge in [-0.1, -0.05) is 30.3 Å². The number of hydrogen-bond acceptors (Lipinski definition) is 3. The van der Waals surface area contributed by atoms with Crippen molar-refractivity contribution in [1.82, 2.24) is 5.32 Å². The summed E-state index contributed by atoms with van der Waals surface area (Å²) in [6, 6.07) is 15.5. The minimum absolute atomic E-state index is 0.0288. The number of ketones is 1. The van der Waals surface area contributed by atoms with E-state index in [0.29, 0.717) is 22.3 Å². The van der Waals surface area contributed by atoms with E-state index in [1.807, 2.05) is 48.5 Å². The summed E-state index contributed by atoms with van der Waals surface area (Å²) >= 11 is 5.49. The van der Waals surface area contributed by atoms with Crippen LogP contribution in [0.25, 0.3) is 0 Å². The molecule has 116 valence electrons. The molecule has 1 fully saturated rings. The van der Waals surface area contributed by atoms with Crippen molar-refractivity contribution in [1.29, 1.82) is 0 Å². The SMILES string of the molecule is CC1CC2Nc3ccc(C(=O)c4ccccc4)cc3N2C(=S)N1. The van der Waals surface area contributed by atoms with Gasteiger partial charge in [-0.2, -0.15) is 0 Å². The van der Waals surface area contributed by atoms with E-state index >= 15 is 0 Å². The van der Waals surface area contributed by atoms with Gasteiger partial charge in [-0.05, 0) is 37.3 Å². The Kier molecular flexibility index (Phi) is 3.31. The van der Waals surface area contributed by atoms with Crippen LogP contribution in [0.3, 0.4) is 0 Å². The van der Waals surface area contributed by atoms with E-state index in [9.17, 15) is 4.79 Å². The lowest BCUT2D eigenvalue weighted by molar-refractivity contribution is 0.103. The molecule has 2 aliphatic rings. The summed E-state index contributed by atoms with van der Waals surface area (Å²) in [6.07, 6.45) is 1.12. The molecule has 0 amide bonds. The molecular weight excluding hydrogens is 306 g/mol. The van der Waals surface area contributed by atoms with Gasteiger partial charge in [0.2, 0.25) is 0 Å². The normalized spacial score (nSPS) is 22.0. The standard InChI is InChI=1S/C18H17N3OS/c1-11-9-16-20-14-8-7-13(10-15(14)21(16)18(23)19-11)17(22)12-5-3-2-4-6-12/h2-8,10-11,16,20H,9H2,1H3,(H,19,23). The highest BCUT2D eigenvalue weighted by Crippen LogP contribution is 2.38. The molecule has 0 aromatic heterocycles. The van der Waals surface area contributed by atoms with Crippen LogP contribution in [0.5, 0.6) is 0 Å². The molecule has 23 heavy (non-hydrogen) atoms. The number of rotatable bonds is 2. The van der Waals surface area contributed by atoms with Gasteiger partial charge in [-0.25, -0.2) is 0 Å². The second-order valence-electron chi connectivity index (χ2n) is 6.04. The molecule has 2 unspecified atom stereocenters. The van der Waals surface area contributed by atoms with E-state index in [0.717, 1.165) is 17.8 Å². The second-order valence-corrected chi connectivity index (χ2v) is 6.43. The maximum atomic E-state index is 12.7. The molecule has 4 rings (SSSR count). The topological polar surface area (TPSA) is 44.4 Å². The molecule has 5 heteroatoms. The average molecular weight is 323 g/mol. The van der Waals surface area contributed by atoms with E-state index in [2.05, 4.69) is 22.5 Å². The number of carbonyl (C=O) groups is 1. The number of hydrogen-bond donors (Lipinski definition) is 2. The fraction of sp³-hybridized carbons (Fsp3) is 0.222. The molecule has 0 aliphatic carbocycles. The molecule has 2 aromatic rings. The van der Waals surface area contributed by atoms with Crippen molar-refractivity contribution in [2.45, 2.75) is 25.6 Å². The number of benzene rings is 2. The van der Waals surface area contributed by atoms with Crippen molar-refractivity contribution in [2.75, 3.05) is 10.2 Å². The van der Waals surface area contributed by atoms with Crippen LogP contribution < -0.4 is 15.5 Å². The summed E-state index contributed by atoms with van der Waals surface area (Å²) in [7, 11) is 0. The average Bonchev–Trinajstić information content (AvgIpc) is 2.92. The van der Waals surface area contributed by atoms with E-state index in [-0.39, 0.29) is 11.9 Å². The summed E-state index contributed by atoms with van der Waals surface area (Å²) in [4.78, 5) is 14.7. The molecule has 0 bridgehead atoms. The number of thiocarbonyl (C=S) groups is 1. The second kappa shape index (κ2) is 5.35. The lowest BCUT2D eigenvalue weighted by Crippen LogP contribution is -2.56. The van der Waals surface area contributed by atoms with Crippen LogP contribution in [-0.2, 0) is 0 Å². The predicted molar refractivity (Wildman–Crippen MR) is 96.0 cm³/mol. The Labute approximate surface area is 140 Å². The number of fused-ring (bicyclic) bond motifs is 3. The lowest BCUT2D eigenvalue weighted by Gasteiger charge is -2.36. The number of nitrogens with one attached hydrogen (secondary N) is 2. The van der Waals surface area contributed by atoms with Gasteiger partial charge in [0.1, 0.15) is 6.17 Å². The van der Waals surface area contributed by atoms with Crippen molar-refractivity contribution >= 4 is 34.5 Å². The third-order valence-electron chi connectivity index (χ3n) is 4.35. The zero-order valence-electron chi connectivity index (χ0n) is 12.7. The lowest BCUT2D eigenvalue weighted by atomic mass is 10.0. The van der Waals surface area contributed by atoms with Crippen molar-refractivity contribution in [2.24, 2.45) is 0 Å². The molecular formula is C18H17N3OS. The Bertz CT molecular complexity index is 790. The highest BCUT2D eigenvalue weighted by molar-refractivity contribution is 7.80. The molecule has 2 aliphatic heterocycles. The van der Waals surface area contributed by atoms with Gasteiger partial charge in [0, 0.05) is 23.6 Å². The third kappa shape index (κ3) is 2.37. The summed E-state index contributed by atoms with van der Waals surface area (Å²) in [5.41, 5.74) is 3.38. The van der Waals surface area contributed by atoms with Gasteiger partial charge in [0.15, 0.2) is 10.9 Å². The fourth-order valence-corrected chi connectivity index (χ4v) is 3.68. The molecule has 4 nitrogen and oxygen atoms in total. The van der Waals surface area contributed by atoms with Gasteiger partial charge >= 0.3 is 0 Å². The van der Waals surface area contributed by atoms with Crippen LogP contribution in [0.2, 0.25) is 0 Å². The fourth-order valence-electron chi connectivity index (χ4n) is 3.25. The summed E-state index contributed by atoms with van der Waals surface area (Å²) < 4.78 is 0. The Morgan fingerprint density at radius 2 is 1.91 bits per heavy atom. The summed E-state index contributed by atoms with van der Waals surface area (Å²) in [6.45, 7) is 2.12. The zero-order chi connectivity index (χ0) is 16.0. The van der Waals surface area contributed by atoms with Crippen molar-refractivity contribution in [3.8, 4) is 0 Å². The van der Waals surface area contributed by atoms with E-state index < -0.39 is 0 Å². The van der Waals surface area contributed by atoms with Crippen LogP contribution in [0.15, 0.2) is 48.5 Å². The number of nitrogens with zero attached hydrogens (tertiary/aromatic N) is 1. The monoisotopic (exact) mass is 323 g/mol. The largest absolute Gasteiger partial charge is 0.363 e. The first-order valence-electron chi connectivity index (χ1n) is 7.73.